The molecular formula is C13H17ClN4. The molecule has 1 aromatic carbocycles. The number of hydrogen-bond donors (Lipinski definition) is 1. The molecule has 96 valence electrons. The van der Waals surface area contributed by atoms with Gasteiger partial charge in [0.15, 0.2) is 0 Å². The van der Waals surface area contributed by atoms with Crippen molar-refractivity contribution < 1.29 is 0 Å². The summed E-state index contributed by atoms with van der Waals surface area (Å²) < 4.78 is 2.07. The van der Waals surface area contributed by atoms with E-state index in [1.54, 1.807) is 0 Å². The van der Waals surface area contributed by atoms with Gasteiger partial charge in [-0.05, 0) is 12.1 Å². The van der Waals surface area contributed by atoms with Gasteiger partial charge in [-0.25, -0.2) is 4.98 Å². The fraction of sp³-hybridized carbons (Fsp3) is 0.308. The molecule has 0 saturated heterocycles. The van der Waals surface area contributed by atoms with Gasteiger partial charge in [0.2, 0.25) is 0 Å². The number of benzene rings is 1. The fourth-order valence-electron chi connectivity index (χ4n) is 2.24. The number of aryl methyl sites for hydroxylation is 1. The van der Waals surface area contributed by atoms with Crippen molar-refractivity contribution in [2.75, 3.05) is 23.3 Å². The maximum Gasteiger partial charge on any atom is 0.0946 e. The molecule has 0 atom stereocenters. The summed E-state index contributed by atoms with van der Waals surface area (Å²) in [5.41, 5.74) is 3.74. The molecule has 5 heteroatoms. The number of anilines is 2. The van der Waals surface area contributed by atoms with E-state index in [4.69, 9.17) is 0 Å². The minimum Gasteiger partial charge on any atom is -0.382 e. The number of halogens is 1. The molecule has 2 heterocycles. The minimum absolute atomic E-state index is 0. The fourth-order valence-corrected chi connectivity index (χ4v) is 2.24. The number of rotatable bonds is 2. The highest BCUT2D eigenvalue weighted by molar-refractivity contribution is 5.85. The summed E-state index contributed by atoms with van der Waals surface area (Å²) in [6.07, 6.45) is 3.79. The first-order valence-electron chi connectivity index (χ1n) is 5.87. The standard InChI is InChI=1S/C13H16N4.ClH/c1-16-10-14-8-11(16)9-17-7-6-15-12-4-2-3-5-13(12)17;/h2-5,8,10,15H,6-7,9H2,1H3;1H. The predicted octanol–water partition coefficient (Wildman–Crippen LogP) is 2.27. The lowest BCUT2D eigenvalue weighted by atomic mass is 10.2. The van der Waals surface area contributed by atoms with Gasteiger partial charge >= 0.3 is 0 Å². The van der Waals surface area contributed by atoms with E-state index < -0.39 is 0 Å². The molecular weight excluding hydrogens is 248 g/mol. The van der Waals surface area contributed by atoms with Crippen LogP contribution >= 0.6 is 12.4 Å². The van der Waals surface area contributed by atoms with E-state index in [1.807, 2.05) is 19.6 Å². The second kappa shape index (κ2) is 5.31. The maximum absolute atomic E-state index is 4.16. The van der Waals surface area contributed by atoms with Crippen LogP contribution in [0.1, 0.15) is 5.69 Å². The first kappa shape index (κ1) is 12.8. The average Bonchev–Trinajstić information content (AvgIpc) is 2.76. The molecule has 18 heavy (non-hydrogen) atoms. The zero-order valence-electron chi connectivity index (χ0n) is 10.3. The number of hydrogen-bond acceptors (Lipinski definition) is 3. The van der Waals surface area contributed by atoms with Crippen LogP contribution in [0.25, 0.3) is 0 Å². The molecule has 2 aromatic rings. The summed E-state index contributed by atoms with van der Waals surface area (Å²) in [6, 6.07) is 8.45. The van der Waals surface area contributed by atoms with Crippen LogP contribution in [0.4, 0.5) is 11.4 Å². The van der Waals surface area contributed by atoms with Gasteiger partial charge in [0.05, 0.1) is 29.9 Å². The summed E-state index contributed by atoms with van der Waals surface area (Å²) in [7, 11) is 2.04. The van der Waals surface area contributed by atoms with E-state index in [-0.39, 0.29) is 12.4 Å². The molecule has 1 aliphatic heterocycles. The smallest absolute Gasteiger partial charge is 0.0946 e. The summed E-state index contributed by atoms with van der Waals surface area (Å²) in [5.74, 6) is 0. The third kappa shape index (κ3) is 2.29. The van der Waals surface area contributed by atoms with E-state index in [1.165, 1.54) is 17.1 Å². The molecule has 0 radical (unpaired) electrons. The van der Waals surface area contributed by atoms with Crippen LogP contribution in [0.3, 0.4) is 0 Å². The van der Waals surface area contributed by atoms with Crippen LogP contribution in [0.5, 0.6) is 0 Å². The predicted molar refractivity (Wildman–Crippen MR) is 76.4 cm³/mol. The van der Waals surface area contributed by atoms with Crippen LogP contribution in [-0.4, -0.2) is 22.6 Å². The van der Waals surface area contributed by atoms with Gasteiger partial charge < -0.3 is 14.8 Å². The molecule has 3 rings (SSSR count). The van der Waals surface area contributed by atoms with Crippen LogP contribution in [0, 0.1) is 0 Å². The van der Waals surface area contributed by atoms with Crippen molar-refractivity contribution in [2.24, 2.45) is 7.05 Å². The molecule has 0 bridgehead atoms. The van der Waals surface area contributed by atoms with Crippen molar-refractivity contribution in [3.63, 3.8) is 0 Å². The molecule has 1 aliphatic rings. The largest absolute Gasteiger partial charge is 0.382 e. The van der Waals surface area contributed by atoms with Gasteiger partial charge in [-0.1, -0.05) is 12.1 Å². The Morgan fingerprint density at radius 1 is 1.33 bits per heavy atom. The van der Waals surface area contributed by atoms with Crippen molar-refractivity contribution >= 4 is 23.8 Å². The second-order valence-electron chi connectivity index (χ2n) is 4.36. The van der Waals surface area contributed by atoms with Gasteiger partial charge in [-0.15, -0.1) is 12.4 Å². The van der Waals surface area contributed by atoms with Crippen molar-refractivity contribution in [3.05, 3.63) is 42.5 Å². The normalized spacial score (nSPS) is 13.5. The van der Waals surface area contributed by atoms with Crippen LogP contribution in [-0.2, 0) is 13.6 Å². The molecule has 0 saturated carbocycles. The van der Waals surface area contributed by atoms with Gasteiger partial charge in [0.25, 0.3) is 0 Å². The Morgan fingerprint density at radius 3 is 2.94 bits per heavy atom. The maximum atomic E-state index is 4.16. The number of nitrogens with one attached hydrogen (secondary N) is 1. The number of imidazole rings is 1. The number of fused-ring (bicyclic) bond motifs is 1. The lowest BCUT2D eigenvalue weighted by molar-refractivity contribution is 0.732. The van der Waals surface area contributed by atoms with E-state index in [0.717, 1.165) is 19.6 Å². The van der Waals surface area contributed by atoms with Crippen LogP contribution < -0.4 is 10.2 Å². The van der Waals surface area contributed by atoms with Gasteiger partial charge in [0.1, 0.15) is 0 Å². The Bertz CT molecular complexity index is 523. The molecule has 1 N–H and O–H groups in total. The highest BCUT2D eigenvalue weighted by Crippen LogP contribution is 2.29. The van der Waals surface area contributed by atoms with E-state index in [2.05, 4.69) is 44.0 Å². The average molecular weight is 265 g/mol. The lowest BCUT2D eigenvalue weighted by Crippen LogP contribution is -2.33. The summed E-state index contributed by atoms with van der Waals surface area (Å²) in [6.45, 7) is 2.94. The Hall–Kier alpha value is -1.68. The SMILES string of the molecule is Cl.Cn1cncc1CN1CCNc2ccccc21. The minimum atomic E-state index is 0. The van der Waals surface area contributed by atoms with Crippen LogP contribution in [0.2, 0.25) is 0 Å². The Morgan fingerprint density at radius 2 is 2.17 bits per heavy atom. The summed E-state index contributed by atoms with van der Waals surface area (Å²) >= 11 is 0. The van der Waals surface area contributed by atoms with E-state index in [9.17, 15) is 0 Å². The zero-order valence-corrected chi connectivity index (χ0v) is 11.2. The van der Waals surface area contributed by atoms with Crippen molar-refractivity contribution in [3.8, 4) is 0 Å². The number of para-hydroxylation sites is 2. The highest BCUT2D eigenvalue weighted by Gasteiger charge is 2.16. The Kier molecular flexibility index (Phi) is 3.77. The monoisotopic (exact) mass is 264 g/mol. The van der Waals surface area contributed by atoms with Crippen molar-refractivity contribution in [1.82, 2.24) is 9.55 Å². The second-order valence-corrected chi connectivity index (χ2v) is 4.36. The van der Waals surface area contributed by atoms with Crippen LogP contribution in [0.15, 0.2) is 36.8 Å². The third-order valence-corrected chi connectivity index (χ3v) is 3.21. The third-order valence-electron chi connectivity index (χ3n) is 3.21. The Labute approximate surface area is 113 Å². The molecule has 4 nitrogen and oxygen atoms in total. The van der Waals surface area contributed by atoms with Gasteiger partial charge in [-0.2, -0.15) is 0 Å². The highest BCUT2D eigenvalue weighted by atomic mass is 35.5. The number of nitrogens with zero attached hydrogens (tertiary/aromatic N) is 3. The molecule has 0 fully saturated rings. The summed E-state index contributed by atoms with van der Waals surface area (Å²) in [5, 5.41) is 3.42. The van der Waals surface area contributed by atoms with Gasteiger partial charge in [0, 0.05) is 26.3 Å². The first-order chi connectivity index (χ1) is 8.34. The molecule has 0 spiro atoms. The van der Waals surface area contributed by atoms with Crippen molar-refractivity contribution in [2.45, 2.75) is 6.54 Å². The van der Waals surface area contributed by atoms with Gasteiger partial charge in [-0.3, -0.25) is 0 Å². The quantitative estimate of drug-likeness (QED) is 0.903. The van der Waals surface area contributed by atoms with E-state index >= 15 is 0 Å². The molecule has 0 unspecified atom stereocenters. The van der Waals surface area contributed by atoms with Crippen molar-refractivity contribution in [1.29, 1.82) is 0 Å². The molecule has 1 aromatic heterocycles. The zero-order chi connectivity index (χ0) is 11.7. The topological polar surface area (TPSA) is 33.1 Å². The molecule has 0 aliphatic carbocycles. The summed E-state index contributed by atoms with van der Waals surface area (Å²) in [4.78, 5) is 6.56. The lowest BCUT2D eigenvalue weighted by Gasteiger charge is -2.31. The first-order valence-corrected chi connectivity index (χ1v) is 5.87. The van der Waals surface area contributed by atoms with E-state index in [0.29, 0.717) is 0 Å². The molecule has 0 amide bonds. The number of aromatic nitrogens is 2. The Balaban J connectivity index is 0.00000120.